The summed E-state index contributed by atoms with van der Waals surface area (Å²) in [5.41, 5.74) is 19.7. The number of amides is 1. The second-order valence-electron chi connectivity index (χ2n) is 7.88. The van der Waals surface area contributed by atoms with Gasteiger partial charge in [-0.2, -0.15) is 0 Å². The van der Waals surface area contributed by atoms with E-state index < -0.39 is 23.4 Å². The monoisotopic (exact) mass is 491 g/mol. The lowest BCUT2D eigenvalue weighted by atomic mass is 9.94. The number of nitrogens with two attached hydrogens (primary N) is 3. The molecule has 6 nitrogen and oxygen atoms in total. The minimum atomic E-state index is -0.733. The molecule has 2 aromatic carbocycles. The lowest BCUT2D eigenvalue weighted by molar-refractivity contribution is 0.0763. The molecule has 0 unspecified atom stereocenters. The molecule has 10 heteroatoms. The molecule has 1 aliphatic rings. The number of rotatable bonds is 6. The van der Waals surface area contributed by atoms with E-state index in [1.807, 2.05) is 0 Å². The Labute approximate surface area is 200 Å². The summed E-state index contributed by atoms with van der Waals surface area (Å²) in [4.78, 5) is 18.8. The molecule has 0 saturated heterocycles. The number of nitrogens with zero attached hydrogens (tertiary/aromatic N) is 2. The van der Waals surface area contributed by atoms with Crippen LogP contribution in [-0.2, 0) is 6.42 Å². The van der Waals surface area contributed by atoms with Crippen molar-refractivity contribution in [3.8, 4) is 0 Å². The Morgan fingerprint density at radius 3 is 2.38 bits per heavy atom. The molecule has 3 rings (SSSR count). The number of allylic oxidation sites excluding steroid dienone is 1. The highest BCUT2D eigenvalue weighted by atomic mass is 35.5. The highest BCUT2D eigenvalue weighted by molar-refractivity contribution is 6.34. The Bertz CT molecular complexity index is 1190. The Kier molecular flexibility index (Phi) is 7.88. The van der Waals surface area contributed by atoms with Crippen molar-refractivity contribution in [1.29, 1.82) is 0 Å². The molecule has 0 atom stereocenters. The fraction of sp³-hybridized carbons (Fsp3) is 0.250. The summed E-state index contributed by atoms with van der Waals surface area (Å²) >= 11 is 6.43. The van der Waals surface area contributed by atoms with E-state index in [9.17, 15) is 18.0 Å². The maximum absolute atomic E-state index is 14.3. The van der Waals surface area contributed by atoms with Gasteiger partial charge in [0.1, 0.15) is 17.5 Å². The largest absolute Gasteiger partial charge is 0.403 e. The van der Waals surface area contributed by atoms with Crippen LogP contribution in [0, 0.1) is 17.5 Å². The van der Waals surface area contributed by atoms with Gasteiger partial charge in [0.25, 0.3) is 5.91 Å². The molecule has 2 aromatic rings. The van der Waals surface area contributed by atoms with Crippen LogP contribution in [0.25, 0.3) is 0 Å². The average molecular weight is 492 g/mol. The van der Waals surface area contributed by atoms with Gasteiger partial charge >= 0.3 is 0 Å². The van der Waals surface area contributed by atoms with Crippen molar-refractivity contribution in [3.05, 3.63) is 92.7 Å². The molecular formula is C24H25ClF3N5O. The van der Waals surface area contributed by atoms with E-state index in [2.05, 4.69) is 4.99 Å². The molecule has 180 valence electrons. The van der Waals surface area contributed by atoms with Crippen molar-refractivity contribution < 1.29 is 18.0 Å². The highest BCUT2D eigenvalue weighted by Crippen LogP contribution is 2.28. The third kappa shape index (κ3) is 5.53. The van der Waals surface area contributed by atoms with Crippen LogP contribution < -0.4 is 17.2 Å². The first kappa shape index (κ1) is 25.2. The fourth-order valence-corrected chi connectivity index (χ4v) is 4.16. The molecule has 0 aromatic heterocycles. The molecule has 1 amide bonds. The van der Waals surface area contributed by atoms with Crippen molar-refractivity contribution in [2.75, 3.05) is 20.1 Å². The fourth-order valence-electron chi connectivity index (χ4n) is 3.88. The molecular weight excluding hydrogens is 467 g/mol. The highest BCUT2D eigenvalue weighted by Gasteiger charge is 2.27. The van der Waals surface area contributed by atoms with Gasteiger partial charge in [-0.25, -0.2) is 13.2 Å². The second kappa shape index (κ2) is 10.6. The van der Waals surface area contributed by atoms with E-state index in [1.54, 1.807) is 0 Å². The molecule has 1 heterocycles. The third-order valence-electron chi connectivity index (χ3n) is 5.55. The SMILES string of the molecule is CN=C(C1=C(N)CN(C(=O)c2cc(F)cc(CC/C(N)=C/N)c2Cl)CC1)c1cc(F)cc(F)c1. The number of carbonyl (C=O) groups is 1. The number of carbonyl (C=O) groups excluding carboxylic acids is 1. The summed E-state index contributed by atoms with van der Waals surface area (Å²) in [6, 6.07) is 5.45. The normalized spacial score (nSPS) is 15.1. The van der Waals surface area contributed by atoms with Crippen molar-refractivity contribution in [2.24, 2.45) is 22.2 Å². The predicted octanol–water partition coefficient (Wildman–Crippen LogP) is 3.63. The standard InChI is InChI=1S/C24H25ClF3N5O/c1-32-23(14-7-15(26)9-16(27)8-14)19-4-5-33(12-21(19)31)24(34)20-10-17(28)6-13(22(20)25)2-3-18(30)11-29/h6-11H,2-5,12,29-31H2,1H3/b18-11-,32-23?. The molecule has 0 radical (unpaired) electrons. The van der Waals surface area contributed by atoms with Crippen LogP contribution in [-0.4, -0.2) is 36.7 Å². The number of hydrogen-bond donors (Lipinski definition) is 3. The summed E-state index contributed by atoms with van der Waals surface area (Å²) in [6.07, 6.45) is 2.21. The van der Waals surface area contributed by atoms with Crippen LogP contribution >= 0.6 is 11.6 Å². The number of halogens is 4. The Morgan fingerprint density at radius 2 is 1.79 bits per heavy atom. The number of aryl methyl sites for hydroxylation is 1. The maximum atomic E-state index is 14.3. The summed E-state index contributed by atoms with van der Waals surface area (Å²) in [5.74, 6) is -2.55. The van der Waals surface area contributed by atoms with E-state index >= 15 is 0 Å². The Balaban J connectivity index is 1.86. The summed E-state index contributed by atoms with van der Waals surface area (Å²) in [6.45, 7) is 0.257. The lowest BCUT2D eigenvalue weighted by Crippen LogP contribution is -2.40. The van der Waals surface area contributed by atoms with Crippen molar-refractivity contribution in [2.45, 2.75) is 19.3 Å². The van der Waals surface area contributed by atoms with Crippen LogP contribution in [0.3, 0.4) is 0 Å². The Hall–Kier alpha value is -3.46. The quantitative estimate of drug-likeness (QED) is 0.536. The lowest BCUT2D eigenvalue weighted by Gasteiger charge is -2.30. The van der Waals surface area contributed by atoms with Gasteiger partial charge in [0.05, 0.1) is 22.8 Å². The third-order valence-corrected chi connectivity index (χ3v) is 6.00. The molecule has 0 bridgehead atoms. The van der Waals surface area contributed by atoms with Gasteiger partial charge in [-0.15, -0.1) is 0 Å². The molecule has 0 aliphatic carbocycles. The van der Waals surface area contributed by atoms with Crippen molar-refractivity contribution in [3.63, 3.8) is 0 Å². The summed E-state index contributed by atoms with van der Waals surface area (Å²) in [5, 5.41) is 0.135. The van der Waals surface area contributed by atoms with Crippen LogP contribution in [0.1, 0.15) is 34.3 Å². The maximum Gasteiger partial charge on any atom is 0.255 e. The molecule has 0 spiro atoms. The van der Waals surface area contributed by atoms with Crippen LogP contribution in [0.2, 0.25) is 5.02 Å². The number of hydrogen-bond acceptors (Lipinski definition) is 5. The van der Waals surface area contributed by atoms with Gasteiger partial charge in [-0.3, -0.25) is 9.79 Å². The zero-order valence-corrected chi connectivity index (χ0v) is 19.3. The van der Waals surface area contributed by atoms with Crippen LogP contribution in [0.5, 0.6) is 0 Å². The van der Waals surface area contributed by atoms with Gasteiger partial charge < -0.3 is 22.1 Å². The van der Waals surface area contributed by atoms with Crippen LogP contribution in [0.4, 0.5) is 13.2 Å². The second-order valence-corrected chi connectivity index (χ2v) is 8.26. The van der Waals surface area contributed by atoms with Gasteiger partial charge in [0.15, 0.2) is 0 Å². The first-order chi connectivity index (χ1) is 16.1. The first-order valence-corrected chi connectivity index (χ1v) is 10.9. The predicted molar refractivity (Wildman–Crippen MR) is 127 cm³/mol. The number of aliphatic imine (C=N–C) groups is 1. The van der Waals surface area contributed by atoms with E-state index in [4.69, 9.17) is 28.8 Å². The number of benzene rings is 2. The molecule has 0 fully saturated rings. The van der Waals surface area contributed by atoms with E-state index in [1.165, 1.54) is 36.3 Å². The summed E-state index contributed by atoms with van der Waals surface area (Å²) < 4.78 is 41.7. The molecule has 0 saturated carbocycles. The first-order valence-electron chi connectivity index (χ1n) is 10.5. The van der Waals surface area contributed by atoms with Crippen molar-refractivity contribution in [1.82, 2.24) is 4.90 Å². The minimum absolute atomic E-state index is 0.0137. The van der Waals surface area contributed by atoms with E-state index in [-0.39, 0.29) is 29.2 Å². The van der Waals surface area contributed by atoms with Gasteiger partial charge in [-0.05, 0) is 49.1 Å². The average Bonchev–Trinajstić information content (AvgIpc) is 2.79. The van der Waals surface area contributed by atoms with E-state index in [0.29, 0.717) is 47.5 Å². The zero-order chi connectivity index (χ0) is 25.0. The summed E-state index contributed by atoms with van der Waals surface area (Å²) in [7, 11) is 1.50. The van der Waals surface area contributed by atoms with Crippen molar-refractivity contribution >= 4 is 23.2 Å². The van der Waals surface area contributed by atoms with Gasteiger partial charge in [0.2, 0.25) is 0 Å². The van der Waals surface area contributed by atoms with Gasteiger partial charge in [-0.1, -0.05) is 11.6 Å². The molecule has 1 aliphatic heterocycles. The zero-order valence-electron chi connectivity index (χ0n) is 18.5. The van der Waals surface area contributed by atoms with Crippen LogP contribution in [0.15, 0.2) is 58.5 Å². The molecule has 34 heavy (non-hydrogen) atoms. The molecule has 6 N–H and O–H groups in total. The van der Waals surface area contributed by atoms with E-state index in [0.717, 1.165) is 12.1 Å². The van der Waals surface area contributed by atoms with Gasteiger partial charge in [0, 0.05) is 48.4 Å². The smallest absolute Gasteiger partial charge is 0.255 e. The Morgan fingerprint density at radius 1 is 1.15 bits per heavy atom. The minimum Gasteiger partial charge on any atom is -0.403 e. The topological polar surface area (TPSA) is 111 Å².